The van der Waals surface area contributed by atoms with E-state index in [1.165, 1.54) is 0 Å². The van der Waals surface area contributed by atoms with Gasteiger partial charge in [-0.05, 0) is 25.7 Å². The van der Waals surface area contributed by atoms with Crippen molar-refractivity contribution in [1.29, 1.82) is 0 Å². The average molecular weight is 238 g/mol. The molecule has 1 heterocycles. The lowest BCUT2D eigenvalue weighted by Gasteiger charge is -2.09. The second-order valence-electron chi connectivity index (χ2n) is 4.01. The van der Waals surface area contributed by atoms with Gasteiger partial charge in [-0.25, -0.2) is 4.98 Å². The van der Waals surface area contributed by atoms with E-state index < -0.39 is 0 Å². The van der Waals surface area contributed by atoms with Gasteiger partial charge in [0, 0.05) is 6.54 Å². The zero-order valence-corrected chi connectivity index (χ0v) is 10.9. The molecule has 5 heteroatoms. The number of aryl methyl sites for hydroxylation is 2. The summed E-state index contributed by atoms with van der Waals surface area (Å²) in [4.78, 5) is 4.42. The summed E-state index contributed by atoms with van der Waals surface area (Å²) in [6, 6.07) is 0. The van der Waals surface area contributed by atoms with Gasteiger partial charge in [0.25, 0.3) is 0 Å². The van der Waals surface area contributed by atoms with E-state index in [9.17, 15) is 5.11 Å². The van der Waals surface area contributed by atoms with Crippen LogP contribution in [0.15, 0.2) is 0 Å². The molecule has 0 aliphatic rings. The van der Waals surface area contributed by atoms with Crippen molar-refractivity contribution in [1.82, 2.24) is 15.2 Å². The molecule has 0 radical (unpaired) electrons. The van der Waals surface area contributed by atoms with Crippen molar-refractivity contribution in [3.63, 3.8) is 0 Å². The first kappa shape index (κ1) is 13.8. The van der Waals surface area contributed by atoms with Gasteiger partial charge in [0.1, 0.15) is 0 Å². The van der Waals surface area contributed by atoms with Crippen LogP contribution in [0.1, 0.15) is 45.0 Å². The summed E-state index contributed by atoms with van der Waals surface area (Å²) in [5.74, 6) is 0.558. The quantitative estimate of drug-likeness (QED) is 0.754. The standard InChI is InChI=1S/C12H22N4O/c1-4-9(17)7-8-13-12-14-10(5-2)11(6-3)15-16-12/h9,17H,4-8H2,1-3H3,(H,13,14,16). The number of nitrogens with one attached hydrogen (secondary N) is 1. The number of hydrogen-bond acceptors (Lipinski definition) is 5. The number of aromatic nitrogens is 3. The first-order valence-corrected chi connectivity index (χ1v) is 6.35. The van der Waals surface area contributed by atoms with E-state index in [1.54, 1.807) is 0 Å². The summed E-state index contributed by atoms with van der Waals surface area (Å²) in [5, 5.41) is 20.7. The van der Waals surface area contributed by atoms with Crippen molar-refractivity contribution in [2.75, 3.05) is 11.9 Å². The molecule has 0 amide bonds. The monoisotopic (exact) mass is 238 g/mol. The molecule has 0 saturated carbocycles. The van der Waals surface area contributed by atoms with Gasteiger partial charge < -0.3 is 10.4 Å². The van der Waals surface area contributed by atoms with Crippen molar-refractivity contribution in [3.05, 3.63) is 11.4 Å². The largest absolute Gasteiger partial charge is 0.393 e. The van der Waals surface area contributed by atoms with Crippen LogP contribution in [0, 0.1) is 0 Å². The molecule has 0 aromatic carbocycles. The number of anilines is 1. The summed E-state index contributed by atoms with van der Waals surface area (Å²) in [7, 11) is 0. The topological polar surface area (TPSA) is 70.9 Å². The molecule has 17 heavy (non-hydrogen) atoms. The van der Waals surface area contributed by atoms with Crippen LogP contribution in [0.2, 0.25) is 0 Å². The molecule has 1 unspecified atom stereocenters. The molecule has 1 aromatic heterocycles. The van der Waals surface area contributed by atoms with Crippen LogP contribution < -0.4 is 5.32 Å². The minimum absolute atomic E-state index is 0.254. The second-order valence-corrected chi connectivity index (χ2v) is 4.01. The summed E-state index contributed by atoms with van der Waals surface area (Å²) in [6.07, 6.45) is 2.95. The molecule has 96 valence electrons. The van der Waals surface area contributed by atoms with E-state index in [1.807, 2.05) is 6.92 Å². The molecule has 1 aromatic rings. The summed E-state index contributed by atoms with van der Waals surface area (Å²) >= 11 is 0. The third-order valence-corrected chi connectivity index (χ3v) is 2.74. The van der Waals surface area contributed by atoms with E-state index in [0.717, 1.165) is 30.7 Å². The van der Waals surface area contributed by atoms with Gasteiger partial charge in [-0.15, -0.1) is 5.10 Å². The van der Waals surface area contributed by atoms with E-state index >= 15 is 0 Å². The van der Waals surface area contributed by atoms with E-state index in [0.29, 0.717) is 18.9 Å². The fraction of sp³-hybridized carbons (Fsp3) is 0.750. The summed E-state index contributed by atoms with van der Waals surface area (Å²) in [6.45, 7) is 6.75. The van der Waals surface area contributed by atoms with Gasteiger partial charge in [-0.2, -0.15) is 5.10 Å². The third kappa shape index (κ3) is 4.26. The maximum atomic E-state index is 9.42. The van der Waals surface area contributed by atoms with Gasteiger partial charge >= 0.3 is 0 Å². The zero-order valence-electron chi connectivity index (χ0n) is 10.9. The smallest absolute Gasteiger partial charge is 0.242 e. The number of nitrogens with zero attached hydrogens (tertiary/aromatic N) is 3. The number of aliphatic hydroxyl groups is 1. The first-order valence-electron chi connectivity index (χ1n) is 6.35. The Balaban J connectivity index is 2.54. The van der Waals surface area contributed by atoms with Crippen LogP contribution in [-0.4, -0.2) is 32.9 Å². The number of hydrogen-bond donors (Lipinski definition) is 2. The van der Waals surface area contributed by atoms with Crippen LogP contribution >= 0.6 is 0 Å². The molecule has 1 atom stereocenters. The molecular formula is C12H22N4O. The Labute approximate surface area is 103 Å². The molecule has 2 N–H and O–H groups in total. The minimum atomic E-state index is -0.254. The molecule has 5 nitrogen and oxygen atoms in total. The zero-order chi connectivity index (χ0) is 12.7. The van der Waals surface area contributed by atoms with Crippen molar-refractivity contribution >= 4 is 5.95 Å². The molecular weight excluding hydrogens is 216 g/mol. The predicted molar refractivity (Wildman–Crippen MR) is 68.0 cm³/mol. The van der Waals surface area contributed by atoms with E-state index in [-0.39, 0.29) is 6.10 Å². The van der Waals surface area contributed by atoms with Crippen LogP contribution in [0.3, 0.4) is 0 Å². The highest BCUT2D eigenvalue weighted by atomic mass is 16.3. The van der Waals surface area contributed by atoms with Crippen LogP contribution in [0.4, 0.5) is 5.95 Å². The van der Waals surface area contributed by atoms with Gasteiger partial charge in [-0.1, -0.05) is 20.8 Å². The fourth-order valence-electron chi connectivity index (χ4n) is 1.57. The van der Waals surface area contributed by atoms with Crippen LogP contribution in [0.5, 0.6) is 0 Å². The Kier molecular flexibility index (Phi) is 5.83. The molecule has 0 saturated heterocycles. The average Bonchev–Trinajstić information content (AvgIpc) is 2.38. The maximum Gasteiger partial charge on any atom is 0.242 e. The minimum Gasteiger partial charge on any atom is -0.393 e. The van der Waals surface area contributed by atoms with Gasteiger partial charge in [0.05, 0.1) is 17.5 Å². The van der Waals surface area contributed by atoms with Crippen molar-refractivity contribution in [2.24, 2.45) is 0 Å². The predicted octanol–water partition coefficient (Wildman–Crippen LogP) is 1.57. The van der Waals surface area contributed by atoms with E-state index in [2.05, 4.69) is 34.3 Å². The maximum absolute atomic E-state index is 9.42. The molecule has 0 bridgehead atoms. The Morgan fingerprint density at radius 2 is 1.82 bits per heavy atom. The SMILES string of the molecule is CCc1nnc(NCCC(O)CC)nc1CC. The van der Waals surface area contributed by atoms with Crippen molar-refractivity contribution < 1.29 is 5.11 Å². The molecule has 0 spiro atoms. The summed E-state index contributed by atoms with van der Waals surface area (Å²) in [5.41, 5.74) is 1.97. The fourth-order valence-corrected chi connectivity index (χ4v) is 1.57. The lowest BCUT2D eigenvalue weighted by Crippen LogP contribution is -2.15. The molecule has 0 fully saturated rings. The van der Waals surface area contributed by atoms with Gasteiger partial charge in [-0.3, -0.25) is 0 Å². The van der Waals surface area contributed by atoms with Gasteiger partial charge in [0.2, 0.25) is 5.95 Å². The normalized spacial score (nSPS) is 12.5. The third-order valence-electron chi connectivity index (χ3n) is 2.74. The van der Waals surface area contributed by atoms with Crippen LogP contribution in [0.25, 0.3) is 0 Å². The number of aliphatic hydroxyl groups excluding tert-OH is 1. The Morgan fingerprint density at radius 1 is 1.12 bits per heavy atom. The van der Waals surface area contributed by atoms with Crippen LogP contribution in [-0.2, 0) is 12.8 Å². The van der Waals surface area contributed by atoms with Crippen molar-refractivity contribution in [3.8, 4) is 0 Å². The number of rotatable bonds is 7. The molecule has 0 aliphatic heterocycles. The highest BCUT2D eigenvalue weighted by Crippen LogP contribution is 2.07. The Hall–Kier alpha value is -1.23. The first-order chi connectivity index (χ1) is 8.21. The highest BCUT2D eigenvalue weighted by Gasteiger charge is 2.06. The lowest BCUT2D eigenvalue weighted by atomic mass is 10.2. The van der Waals surface area contributed by atoms with Gasteiger partial charge in [0.15, 0.2) is 0 Å². The van der Waals surface area contributed by atoms with E-state index in [4.69, 9.17) is 0 Å². The Bertz CT molecular complexity index is 343. The molecule has 1 rings (SSSR count). The molecule has 0 aliphatic carbocycles. The van der Waals surface area contributed by atoms with Crippen molar-refractivity contribution in [2.45, 2.75) is 52.6 Å². The summed E-state index contributed by atoms with van der Waals surface area (Å²) < 4.78 is 0. The second kappa shape index (κ2) is 7.17. The lowest BCUT2D eigenvalue weighted by molar-refractivity contribution is 0.164. The Morgan fingerprint density at radius 3 is 2.41 bits per heavy atom. The highest BCUT2D eigenvalue weighted by molar-refractivity contribution is 5.25.